The van der Waals surface area contributed by atoms with Crippen molar-refractivity contribution in [3.05, 3.63) is 59.2 Å². The van der Waals surface area contributed by atoms with Gasteiger partial charge in [0.2, 0.25) is 0 Å². The van der Waals surface area contributed by atoms with Gasteiger partial charge in [-0.25, -0.2) is 9.69 Å². The molecule has 6 nitrogen and oxygen atoms in total. The molecule has 2 aromatic rings. The van der Waals surface area contributed by atoms with E-state index in [0.29, 0.717) is 22.3 Å². The molecule has 1 unspecified atom stereocenters. The predicted octanol–water partition coefficient (Wildman–Crippen LogP) is 3.56. The van der Waals surface area contributed by atoms with Crippen molar-refractivity contribution in [1.29, 1.82) is 5.26 Å². The largest absolute Gasteiger partial charge is 0.497 e. The van der Waals surface area contributed by atoms with Gasteiger partial charge in [0.25, 0.3) is 5.91 Å². The molecule has 1 aliphatic rings. The number of nitrogens with zero attached hydrogens (tertiary/aromatic N) is 2. The molecular formula is C19H14F3N3O3. The number of hydrogen-bond donors (Lipinski definition) is 1. The third kappa shape index (κ3) is 3.03. The lowest BCUT2D eigenvalue weighted by atomic mass is 9.92. The Morgan fingerprint density at radius 3 is 2.32 bits per heavy atom. The van der Waals surface area contributed by atoms with Crippen LogP contribution in [0.5, 0.6) is 5.75 Å². The second kappa shape index (κ2) is 6.56. The Morgan fingerprint density at radius 1 is 1.14 bits per heavy atom. The molecule has 0 aromatic heterocycles. The van der Waals surface area contributed by atoms with Crippen LogP contribution in [0.2, 0.25) is 0 Å². The fourth-order valence-electron chi connectivity index (χ4n) is 3.00. The van der Waals surface area contributed by atoms with E-state index in [4.69, 9.17) is 10.00 Å². The van der Waals surface area contributed by atoms with Crippen molar-refractivity contribution in [3.63, 3.8) is 0 Å². The Bertz CT molecular complexity index is 996. The number of rotatable bonds is 3. The summed E-state index contributed by atoms with van der Waals surface area (Å²) in [5.74, 6) is -0.191. The van der Waals surface area contributed by atoms with E-state index in [2.05, 4.69) is 5.32 Å². The highest BCUT2D eigenvalue weighted by atomic mass is 19.4. The average Bonchev–Trinajstić information content (AvgIpc) is 2.90. The van der Waals surface area contributed by atoms with E-state index in [1.165, 1.54) is 20.1 Å². The van der Waals surface area contributed by atoms with Crippen LogP contribution < -0.4 is 15.0 Å². The molecule has 28 heavy (non-hydrogen) atoms. The first-order valence-electron chi connectivity index (χ1n) is 8.04. The first-order chi connectivity index (χ1) is 13.1. The van der Waals surface area contributed by atoms with E-state index < -0.39 is 34.8 Å². The lowest BCUT2D eigenvalue weighted by Crippen LogP contribution is -2.40. The quantitative estimate of drug-likeness (QED) is 0.814. The molecule has 0 radical (unpaired) electrons. The molecule has 1 heterocycles. The maximum absolute atomic E-state index is 13.2. The number of nitrogens with one attached hydrogen (secondary N) is 1. The van der Waals surface area contributed by atoms with Gasteiger partial charge in [0, 0.05) is 0 Å². The van der Waals surface area contributed by atoms with Crippen LogP contribution in [0.1, 0.15) is 23.6 Å². The summed E-state index contributed by atoms with van der Waals surface area (Å²) in [6.45, 7) is 1.46. The summed E-state index contributed by atoms with van der Waals surface area (Å²) in [5, 5.41) is 11.4. The molecule has 3 amide bonds. The molecule has 9 heteroatoms. The lowest BCUT2D eigenvalue weighted by molar-refractivity contribution is -0.137. The zero-order valence-electron chi connectivity index (χ0n) is 14.8. The SMILES string of the molecule is COc1ccc(C2(C)NC(=O)N(c3ccc(C#N)c(C(F)(F)F)c3)C2=O)cc1. The minimum absolute atomic E-state index is 0.272. The molecule has 1 aliphatic heterocycles. The fraction of sp³-hybridized carbons (Fsp3) is 0.211. The van der Waals surface area contributed by atoms with Crippen molar-refractivity contribution in [2.75, 3.05) is 12.0 Å². The molecule has 144 valence electrons. The maximum atomic E-state index is 13.2. The van der Waals surface area contributed by atoms with Gasteiger partial charge in [-0.3, -0.25) is 4.79 Å². The van der Waals surface area contributed by atoms with Crippen LogP contribution in [-0.4, -0.2) is 19.0 Å². The third-order valence-corrected chi connectivity index (χ3v) is 4.55. The van der Waals surface area contributed by atoms with Crippen LogP contribution in [0, 0.1) is 11.3 Å². The number of amides is 3. The van der Waals surface area contributed by atoms with Gasteiger partial charge in [-0.05, 0) is 42.8 Å². The molecular weight excluding hydrogens is 375 g/mol. The first-order valence-corrected chi connectivity index (χ1v) is 8.04. The standard InChI is InChI=1S/C19H14F3N3O3/c1-18(12-4-7-14(28-2)8-5-12)16(26)25(17(27)24-18)13-6-3-11(10-23)15(9-13)19(20,21)22/h3-9H,1-2H3,(H,24,27). The summed E-state index contributed by atoms with van der Waals surface area (Å²) >= 11 is 0. The van der Waals surface area contributed by atoms with E-state index in [-0.39, 0.29) is 5.69 Å². The normalized spacial score (nSPS) is 19.4. The number of imide groups is 1. The highest BCUT2D eigenvalue weighted by Gasteiger charge is 2.50. The number of methoxy groups -OCH3 is 1. The van der Waals surface area contributed by atoms with Crippen LogP contribution >= 0.6 is 0 Å². The molecule has 2 aromatic carbocycles. The number of nitriles is 1. The van der Waals surface area contributed by atoms with Gasteiger partial charge < -0.3 is 10.1 Å². The Balaban J connectivity index is 2.04. The number of ether oxygens (including phenoxy) is 1. The topological polar surface area (TPSA) is 82.4 Å². The molecule has 1 atom stereocenters. The highest BCUT2D eigenvalue weighted by molar-refractivity contribution is 6.23. The van der Waals surface area contributed by atoms with E-state index >= 15 is 0 Å². The van der Waals surface area contributed by atoms with Gasteiger partial charge in [0.1, 0.15) is 11.3 Å². The lowest BCUT2D eigenvalue weighted by Gasteiger charge is -2.22. The summed E-state index contributed by atoms with van der Waals surface area (Å²) in [4.78, 5) is 26.0. The van der Waals surface area contributed by atoms with E-state index in [1.807, 2.05) is 0 Å². The zero-order chi connectivity index (χ0) is 20.7. The monoisotopic (exact) mass is 389 g/mol. The van der Waals surface area contributed by atoms with Crippen LogP contribution in [0.15, 0.2) is 42.5 Å². The van der Waals surface area contributed by atoms with E-state index in [9.17, 15) is 22.8 Å². The summed E-state index contributed by atoms with van der Waals surface area (Å²) in [5.41, 5.74) is -3.10. The highest BCUT2D eigenvalue weighted by Crippen LogP contribution is 2.37. The van der Waals surface area contributed by atoms with E-state index in [1.54, 1.807) is 24.3 Å². The van der Waals surface area contributed by atoms with Crippen molar-refractivity contribution in [1.82, 2.24) is 5.32 Å². The van der Waals surface area contributed by atoms with Crippen molar-refractivity contribution in [3.8, 4) is 11.8 Å². The number of carbonyl (C=O) groups excluding carboxylic acids is 2. The predicted molar refractivity (Wildman–Crippen MR) is 92.5 cm³/mol. The van der Waals surface area contributed by atoms with Crippen LogP contribution in [0.3, 0.4) is 0 Å². The molecule has 0 saturated carbocycles. The second-order valence-electron chi connectivity index (χ2n) is 6.26. The van der Waals surface area contributed by atoms with Gasteiger partial charge in [0.15, 0.2) is 0 Å². The molecule has 3 rings (SSSR count). The van der Waals surface area contributed by atoms with E-state index in [0.717, 1.165) is 12.1 Å². The van der Waals surface area contributed by atoms with Gasteiger partial charge in [0.05, 0.1) is 30.0 Å². The number of carbonyl (C=O) groups is 2. The molecule has 0 bridgehead atoms. The number of benzene rings is 2. The Morgan fingerprint density at radius 2 is 1.79 bits per heavy atom. The summed E-state index contributed by atoms with van der Waals surface area (Å²) in [6.07, 6.45) is -4.81. The average molecular weight is 389 g/mol. The molecule has 1 N–H and O–H groups in total. The second-order valence-corrected chi connectivity index (χ2v) is 6.26. The minimum Gasteiger partial charge on any atom is -0.497 e. The Hall–Kier alpha value is -3.54. The van der Waals surface area contributed by atoms with Gasteiger partial charge in [-0.2, -0.15) is 18.4 Å². The Labute approximate surface area is 158 Å². The summed E-state index contributed by atoms with van der Waals surface area (Å²) in [6, 6.07) is 9.66. The molecule has 1 fully saturated rings. The molecule has 0 aliphatic carbocycles. The van der Waals surface area contributed by atoms with Crippen molar-refractivity contribution < 1.29 is 27.5 Å². The number of anilines is 1. The van der Waals surface area contributed by atoms with Crippen LogP contribution in [-0.2, 0) is 16.5 Å². The van der Waals surface area contributed by atoms with Crippen molar-refractivity contribution in [2.45, 2.75) is 18.6 Å². The molecule has 0 spiro atoms. The number of halogens is 3. The molecule has 1 saturated heterocycles. The van der Waals surface area contributed by atoms with Crippen LogP contribution in [0.25, 0.3) is 0 Å². The van der Waals surface area contributed by atoms with Gasteiger partial charge in [-0.1, -0.05) is 12.1 Å². The number of urea groups is 1. The van der Waals surface area contributed by atoms with Crippen LogP contribution in [0.4, 0.5) is 23.7 Å². The van der Waals surface area contributed by atoms with Gasteiger partial charge in [-0.15, -0.1) is 0 Å². The number of alkyl halides is 3. The summed E-state index contributed by atoms with van der Waals surface area (Å²) < 4.78 is 44.7. The van der Waals surface area contributed by atoms with Gasteiger partial charge >= 0.3 is 12.2 Å². The number of hydrogen-bond acceptors (Lipinski definition) is 4. The van der Waals surface area contributed by atoms with Crippen molar-refractivity contribution >= 4 is 17.6 Å². The van der Waals surface area contributed by atoms with Crippen molar-refractivity contribution in [2.24, 2.45) is 0 Å². The zero-order valence-corrected chi connectivity index (χ0v) is 14.8. The maximum Gasteiger partial charge on any atom is 0.417 e. The first kappa shape index (κ1) is 19.2. The summed E-state index contributed by atoms with van der Waals surface area (Å²) in [7, 11) is 1.48. The third-order valence-electron chi connectivity index (χ3n) is 4.55. The Kier molecular flexibility index (Phi) is 4.51. The minimum atomic E-state index is -4.81. The smallest absolute Gasteiger partial charge is 0.417 e. The fourth-order valence-corrected chi connectivity index (χ4v) is 3.00.